The third kappa shape index (κ3) is 3.11. The highest BCUT2D eigenvalue weighted by atomic mass is 32.1. The summed E-state index contributed by atoms with van der Waals surface area (Å²) in [5, 5.41) is 0.966. The van der Waals surface area contributed by atoms with E-state index in [0.29, 0.717) is 12.5 Å². The number of piperidine rings is 1. The zero-order valence-corrected chi connectivity index (χ0v) is 16.2. The third-order valence-corrected chi connectivity index (χ3v) is 6.53. The highest BCUT2D eigenvalue weighted by molar-refractivity contribution is 7.13. The number of thiazole rings is 1. The summed E-state index contributed by atoms with van der Waals surface area (Å²) in [4.78, 5) is 32.8. The maximum absolute atomic E-state index is 13.2. The zero-order chi connectivity index (χ0) is 18.3. The van der Waals surface area contributed by atoms with Crippen molar-refractivity contribution < 1.29 is 4.79 Å². The Hall–Kier alpha value is -1.95. The summed E-state index contributed by atoms with van der Waals surface area (Å²) in [6.07, 6.45) is 4.10. The van der Waals surface area contributed by atoms with E-state index in [4.69, 9.17) is 0 Å². The lowest BCUT2D eigenvalue weighted by Gasteiger charge is -2.42. The maximum Gasteiger partial charge on any atom is 0.265 e. The Kier molecular flexibility index (Phi) is 4.69. The van der Waals surface area contributed by atoms with E-state index in [1.807, 2.05) is 28.5 Å². The number of aromatic nitrogens is 2. The van der Waals surface area contributed by atoms with Crippen LogP contribution in [0.5, 0.6) is 0 Å². The van der Waals surface area contributed by atoms with Gasteiger partial charge in [-0.25, -0.2) is 4.98 Å². The standard InChI is InChI=1S/C20H25N3O2S/c1-3-4-6-16-19(26-13(2)21-16)20(25)22-10-14-9-15(12-22)17-7-5-8-18(24)23(17)11-14/h5,7-8,14-15H,3-4,6,9-12H2,1-2H3. The first-order valence-electron chi connectivity index (χ1n) is 9.52. The third-order valence-electron chi connectivity index (χ3n) is 5.53. The van der Waals surface area contributed by atoms with Crippen molar-refractivity contribution in [3.8, 4) is 0 Å². The molecule has 2 aromatic rings. The molecule has 2 bridgehead atoms. The molecule has 2 atom stereocenters. The van der Waals surface area contributed by atoms with Crippen LogP contribution < -0.4 is 5.56 Å². The van der Waals surface area contributed by atoms with Crippen LogP contribution in [0.4, 0.5) is 0 Å². The number of rotatable bonds is 4. The largest absolute Gasteiger partial charge is 0.337 e. The highest BCUT2D eigenvalue weighted by Crippen LogP contribution is 2.36. The minimum absolute atomic E-state index is 0.0805. The smallest absolute Gasteiger partial charge is 0.265 e. The molecule has 0 N–H and O–H groups in total. The Bertz CT molecular complexity index is 885. The van der Waals surface area contributed by atoms with E-state index in [2.05, 4.69) is 11.9 Å². The summed E-state index contributed by atoms with van der Waals surface area (Å²) in [5.74, 6) is 0.745. The normalized spacial score (nSPS) is 21.5. The molecular weight excluding hydrogens is 346 g/mol. The van der Waals surface area contributed by atoms with Crippen molar-refractivity contribution in [1.82, 2.24) is 14.5 Å². The van der Waals surface area contributed by atoms with E-state index in [0.717, 1.165) is 60.0 Å². The number of unbranched alkanes of at least 4 members (excludes halogenated alkanes) is 1. The molecule has 4 rings (SSSR count). The fourth-order valence-corrected chi connectivity index (χ4v) is 5.29. The molecule has 2 aliphatic rings. The SMILES string of the molecule is CCCCc1nc(C)sc1C(=O)N1CC2CC(C1)c1cccc(=O)n1C2. The van der Waals surface area contributed by atoms with Crippen molar-refractivity contribution in [3.05, 3.63) is 49.8 Å². The van der Waals surface area contributed by atoms with E-state index >= 15 is 0 Å². The molecule has 1 amide bonds. The van der Waals surface area contributed by atoms with Crippen molar-refractivity contribution in [2.45, 2.75) is 52.0 Å². The number of carbonyl (C=O) groups excluding carboxylic acids is 1. The van der Waals surface area contributed by atoms with E-state index in [1.165, 1.54) is 11.3 Å². The number of pyridine rings is 1. The number of nitrogens with zero attached hydrogens (tertiary/aromatic N) is 3. The van der Waals surface area contributed by atoms with Crippen molar-refractivity contribution >= 4 is 17.2 Å². The van der Waals surface area contributed by atoms with Gasteiger partial charge in [0, 0.05) is 37.3 Å². The molecule has 2 aliphatic heterocycles. The summed E-state index contributed by atoms with van der Waals surface area (Å²) in [5.41, 5.74) is 2.13. The number of hydrogen-bond acceptors (Lipinski definition) is 4. The van der Waals surface area contributed by atoms with Gasteiger partial charge in [0.05, 0.1) is 10.7 Å². The first-order valence-corrected chi connectivity index (χ1v) is 10.3. The Morgan fingerprint density at radius 3 is 2.96 bits per heavy atom. The van der Waals surface area contributed by atoms with E-state index < -0.39 is 0 Å². The van der Waals surface area contributed by atoms with Crippen molar-refractivity contribution in [3.63, 3.8) is 0 Å². The molecular formula is C20H25N3O2S. The van der Waals surface area contributed by atoms with Crippen LogP contribution in [-0.4, -0.2) is 33.4 Å². The van der Waals surface area contributed by atoms with Crippen LogP contribution in [-0.2, 0) is 13.0 Å². The van der Waals surface area contributed by atoms with E-state index in [9.17, 15) is 9.59 Å². The molecule has 2 aromatic heterocycles. The first-order chi connectivity index (χ1) is 12.6. The Balaban J connectivity index is 1.59. The van der Waals surface area contributed by atoms with Crippen LogP contribution in [0.2, 0.25) is 0 Å². The second-order valence-electron chi connectivity index (χ2n) is 7.52. The molecule has 0 aliphatic carbocycles. The Morgan fingerprint density at radius 2 is 2.15 bits per heavy atom. The van der Waals surface area contributed by atoms with Gasteiger partial charge in [0.15, 0.2) is 0 Å². The van der Waals surface area contributed by atoms with E-state index in [-0.39, 0.29) is 17.4 Å². The maximum atomic E-state index is 13.2. The van der Waals surface area contributed by atoms with Gasteiger partial charge < -0.3 is 9.47 Å². The minimum atomic E-state index is 0.0805. The molecule has 26 heavy (non-hydrogen) atoms. The zero-order valence-electron chi connectivity index (χ0n) is 15.4. The molecule has 6 heteroatoms. The molecule has 1 saturated heterocycles. The summed E-state index contributed by atoms with van der Waals surface area (Å²) >= 11 is 1.53. The van der Waals surface area contributed by atoms with Crippen molar-refractivity contribution in [2.75, 3.05) is 13.1 Å². The molecule has 0 saturated carbocycles. The van der Waals surface area contributed by atoms with E-state index in [1.54, 1.807) is 6.07 Å². The van der Waals surface area contributed by atoms with Crippen LogP contribution in [0.25, 0.3) is 0 Å². The lowest BCUT2D eigenvalue weighted by molar-refractivity contribution is 0.0598. The van der Waals surface area contributed by atoms with Crippen LogP contribution in [0.1, 0.15) is 58.2 Å². The van der Waals surface area contributed by atoms with Gasteiger partial charge in [-0.05, 0) is 38.2 Å². The summed E-state index contributed by atoms with van der Waals surface area (Å²) < 4.78 is 1.91. The minimum Gasteiger partial charge on any atom is -0.337 e. The molecule has 5 nitrogen and oxygen atoms in total. The number of carbonyl (C=O) groups is 1. The second-order valence-corrected chi connectivity index (χ2v) is 8.72. The van der Waals surface area contributed by atoms with Crippen LogP contribution in [0.3, 0.4) is 0 Å². The molecule has 138 valence electrons. The van der Waals surface area contributed by atoms with Gasteiger partial charge in [-0.15, -0.1) is 11.3 Å². The van der Waals surface area contributed by atoms with Gasteiger partial charge in [-0.3, -0.25) is 9.59 Å². The van der Waals surface area contributed by atoms with Gasteiger partial charge in [0.1, 0.15) is 4.88 Å². The second kappa shape index (κ2) is 6.99. The number of hydrogen-bond donors (Lipinski definition) is 0. The van der Waals surface area contributed by atoms with Gasteiger partial charge in [-0.1, -0.05) is 19.4 Å². The predicted octanol–water partition coefficient (Wildman–Crippen LogP) is 3.22. The molecule has 0 aromatic carbocycles. The summed E-state index contributed by atoms with van der Waals surface area (Å²) in [7, 11) is 0. The van der Waals surface area contributed by atoms with Crippen LogP contribution >= 0.6 is 11.3 Å². The fraction of sp³-hybridized carbons (Fsp3) is 0.550. The average molecular weight is 372 g/mol. The topological polar surface area (TPSA) is 55.2 Å². The molecule has 0 spiro atoms. The quantitative estimate of drug-likeness (QED) is 0.829. The highest BCUT2D eigenvalue weighted by Gasteiger charge is 2.37. The lowest BCUT2D eigenvalue weighted by atomic mass is 9.83. The first kappa shape index (κ1) is 17.5. The average Bonchev–Trinajstić information content (AvgIpc) is 3.00. The number of likely N-dealkylation sites (tertiary alicyclic amines) is 1. The predicted molar refractivity (Wildman–Crippen MR) is 103 cm³/mol. The Labute approximate surface area is 157 Å². The fourth-order valence-electron chi connectivity index (χ4n) is 4.36. The van der Waals surface area contributed by atoms with Gasteiger partial charge in [0.2, 0.25) is 0 Å². The monoisotopic (exact) mass is 371 g/mol. The van der Waals surface area contributed by atoms with Crippen LogP contribution in [0.15, 0.2) is 23.0 Å². The molecule has 4 heterocycles. The van der Waals surface area contributed by atoms with Gasteiger partial charge in [0.25, 0.3) is 11.5 Å². The van der Waals surface area contributed by atoms with Crippen molar-refractivity contribution in [1.29, 1.82) is 0 Å². The van der Waals surface area contributed by atoms with Crippen molar-refractivity contribution in [2.24, 2.45) is 5.92 Å². The van der Waals surface area contributed by atoms with Gasteiger partial charge >= 0.3 is 0 Å². The van der Waals surface area contributed by atoms with Crippen LogP contribution in [0, 0.1) is 12.8 Å². The molecule has 1 fully saturated rings. The summed E-state index contributed by atoms with van der Waals surface area (Å²) in [6.45, 7) is 6.29. The lowest BCUT2D eigenvalue weighted by Crippen LogP contribution is -2.49. The number of fused-ring (bicyclic) bond motifs is 4. The molecule has 2 unspecified atom stereocenters. The summed E-state index contributed by atoms with van der Waals surface area (Å²) in [6, 6.07) is 5.51. The van der Waals surface area contributed by atoms with Gasteiger partial charge in [-0.2, -0.15) is 0 Å². The Morgan fingerprint density at radius 1 is 1.31 bits per heavy atom. The number of amides is 1. The molecule has 0 radical (unpaired) electrons. The number of aryl methyl sites for hydroxylation is 2.